The van der Waals surface area contributed by atoms with Crippen LogP contribution in [0.5, 0.6) is 0 Å². The summed E-state index contributed by atoms with van der Waals surface area (Å²) >= 11 is 3.37. The minimum absolute atomic E-state index is 0.00954. The van der Waals surface area contributed by atoms with E-state index in [1.165, 1.54) is 0 Å². The first-order valence-electron chi connectivity index (χ1n) is 6.42. The number of hydrogen-bond donors (Lipinski definition) is 2. The average Bonchev–Trinajstić information content (AvgIpc) is 2.78. The number of nitrogens with zero attached hydrogens (tertiary/aromatic N) is 1. The number of nitrogen functional groups attached to an aromatic ring is 1. The maximum Gasteiger partial charge on any atom is 0.308 e. The molecule has 1 aliphatic heterocycles. The fraction of sp³-hybridized carbons (Fsp3) is 0.500. The molecule has 0 amide bonds. The van der Waals surface area contributed by atoms with Gasteiger partial charge in [0.05, 0.1) is 5.92 Å². The highest BCUT2D eigenvalue weighted by Gasteiger charge is 2.39. The molecule has 3 N–H and O–H groups in total. The van der Waals surface area contributed by atoms with Crippen LogP contribution in [0.1, 0.15) is 25.3 Å². The molecule has 0 bridgehead atoms. The number of aliphatic carboxylic acids is 1. The van der Waals surface area contributed by atoms with Gasteiger partial charge in [-0.15, -0.1) is 0 Å². The molecule has 2 rings (SSSR count). The van der Waals surface area contributed by atoms with Crippen LogP contribution < -0.4 is 5.73 Å². The Bertz CT molecular complexity index is 490. The Balaban J connectivity index is 2.30. The Kier molecular flexibility index (Phi) is 4.16. The van der Waals surface area contributed by atoms with E-state index < -0.39 is 5.97 Å². The van der Waals surface area contributed by atoms with Crippen LogP contribution in [0.15, 0.2) is 22.7 Å². The van der Waals surface area contributed by atoms with Gasteiger partial charge in [0.25, 0.3) is 0 Å². The molecule has 2 unspecified atom stereocenters. The Morgan fingerprint density at radius 1 is 1.47 bits per heavy atom. The van der Waals surface area contributed by atoms with Crippen LogP contribution in [0.4, 0.5) is 5.69 Å². The molecule has 0 aliphatic carbocycles. The number of halogens is 1. The van der Waals surface area contributed by atoms with E-state index in [9.17, 15) is 9.90 Å². The van der Waals surface area contributed by atoms with Gasteiger partial charge in [0, 0.05) is 35.2 Å². The van der Waals surface area contributed by atoms with Crippen LogP contribution in [-0.4, -0.2) is 35.1 Å². The largest absolute Gasteiger partial charge is 0.481 e. The molecule has 104 valence electrons. The SMILES string of the molecule is CC(C)N1CC(C(=O)O)C(c2ccc(Br)c(N)c2)C1. The van der Waals surface area contributed by atoms with Crippen molar-refractivity contribution in [3.8, 4) is 0 Å². The van der Waals surface area contributed by atoms with Gasteiger partial charge in [-0.1, -0.05) is 6.07 Å². The summed E-state index contributed by atoms with van der Waals surface area (Å²) in [5, 5.41) is 9.40. The second-order valence-electron chi connectivity index (χ2n) is 5.38. The second kappa shape index (κ2) is 5.51. The van der Waals surface area contributed by atoms with E-state index in [-0.39, 0.29) is 11.8 Å². The molecular formula is C14H19BrN2O2. The quantitative estimate of drug-likeness (QED) is 0.838. The number of carbonyl (C=O) groups is 1. The fourth-order valence-electron chi connectivity index (χ4n) is 2.64. The zero-order valence-corrected chi connectivity index (χ0v) is 12.7. The van der Waals surface area contributed by atoms with Gasteiger partial charge in [-0.25, -0.2) is 0 Å². The van der Waals surface area contributed by atoms with E-state index >= 15 is 0 Å². The lowest BCUT2D eigenvalue weighted by atomic mass is 9.89. The molecule has 1 aromatic rings. The second-order valence-corrected chi connectivity index (χ2v) is 6.23. The average molecular weight is 327 g/mol. The summed E-state index contributed by atoms with van der Waals surface area (Å²) in [7, 11) is 0. The molecule has 1 saturated heterocycles. The van der Waals surface area contributed by atoms with Crippen LogP contribution >= 0.6 is 15.9 Å². The van der Waals surface area contributed by atoms with Crippen molar-refractivity contribution >= 4 is 27.6 Å². The smallest absolute Gasteiger partial charge is 0.308 e. The Morgan fingerprint density at radius 3 is 2.68 bits per heavy atom. The van der Waals surface area contributed by atoms with Gasteiger partial charge < -0.3 is 10.8 Å². The number of carboxylic acids is 1. The lowest BCUT2D eigenvalue weighted by Crippen LogP contribution is -2.29. The fourth-order valence-corrected chi connectivity index (χ4v) is 2.88. The molecule has 0 aromatic heterocycles. The number of carboxylic acid groups (broad SMARTS) is 1. The summed E-state index contributed by atoms with van der Waals surface area (Å²) in [6.07, 6.45) is 0. The first kappa shape index (κ1) is 14.3. The van der Waals surface area contributed by atoms with E-state index in [4.69, 9.17) is 5.73 Å². The van der Waals surface area contributed by atoms with E-state index in [0.29, 0.717) is 18.3 Å². The molecule has 1 fully saturated rings. The van der Waals surface area contributed by atoms with Crippen molar-refractivity contribution in [2.45, 2.75) is 25.8 Å². The van der Waals surface area contributed by atoms with Crippen molar-refractivity contribution in [1.29, 1.82) is 0 Å². The maximum atomic E-state index is 11.4. The summed E-state index contributed by atoms with van der Waals surface area (Å²) < 4.78 is 0.849. The zero-order chi connectivity index (χ0) is 14.2. The normalized spacial score (nSPS) is 24.0. The van der Waals surface area contributed by atoms with Gasteiger partial charge in [-0.05, 0) is 47.5 Å². The van der Waals surface area contributed by atoms with Crippen molar-refractivity contribution in [2.24, 2.45) is 5.92 Å². The van der Waals surface area contributed by atoms with Crippen molar-refractivity contribution in [2.75, 3.05) is 18.8 Å². The first-order chi connectivity index (χ1) is 8.90. The number of anilines is 1. The zero-order valence-electron chi connectivity index (χ0n) is 11.1. The molecular weight excluding hydrogens is 308 g/mol. The Morgan fingerprint density at radius 2 is 2.16 bits per heavy atom. The van der Waals surface area contributed by atoms with Crippen molar-refractivity contribution < 1.29 is 9.90 Å². The lowest BCUT2D eigenvalue weighted by Gasteiger charge is -2.20. The van der Waals surface area contributed by atoms with Gasteiger partial charge in [0.15, 0.2) is 0 Å². The van der Waals surface area contributed by atoms with Crippen LogP contribution in [0.25, 0.3) is 0 Å². The highest BCUT2D eigenvalue weighted by atomic mass is 79.9. The number of rotatable bonds is 3. The molecule has 0 spiro atoms. The Hall–Kier alpha value is -1.07. The molecule has 1 aliphatic rings. The summed E-state index contributed by atoms with van der Waals surface area (Å²) in [6, 6.07) is 6.10. The third-order valence-corrected chi connectivity index (χ3v) is 4.57. The van der Waals surface area contributed by atoms with Crippen LogP contribution in [0, 0.1) is 5.92 Å². The number of nitrogens with two attached hydrogens (primary N) is 1. The molecule has 0 radical (unpaired) electrons. The lowest BCUT2D eigenvalue weighted by molar-refractivity contribution is -0.141. The predicted octanol–water partition coefficient (Wildman–Crippen LogP) is 2.54. The molecule has 5 heteroatoms. The molecule has 1 aromatic carbocycles. The molecule has 1 heterocycles. The summed E-state index contributed by atoms with van der Waals surface area (Å²) in [4.78, 5) is 13.6. The van der Waals surface area contributed by atoms with E-state index in [2.05, 4.69) is 34.7 Å². The minimum atomic E-state index is -0.727. The summed E-state index contributed by atoms with van der Waals surface area (Å²) in [6.45, 7) is 5.57. The van der Waals surface area contributed by atoms with Gasteiger partial charge >= 0.3 is 5.97 Å². The molecule has 2 atom stereocenters. The number of hydrogen-bond acceptors (Lipinski definition) is 3. The van der Waals surface area contributed by atoms with Gasteiger partial charge in [0.1, 0.15) is 0 Å². The third kappa shape index (κ3) is 2.92. The van der Waals surface area contributed by atoms with Gasteiger partial charge in [0.2, 0.25) is 0 Å². The summed E-state index contributed by atoms with van der Waals surface area (Å²) in [5.74, 6) is -1.08. The topological polar surface area (TPSA) is 66.6 Å². The van der Waals surface area contributed by atoms with Crippen LogP contribution in [0.2, 0.25) is 0 Å². The third-order valence-electron chi connectivity index (χ3n) is 3.84. The van der Waals surface area contributed by atoms with E-state index in [1.54, 1.807) is 0 Å². The van der Waals surface area contributed by atoms with E-state index in [1.807, 2.05) is 18.2 Å². The van der Waals surface area contributed by atoms with Crippen molar-refractivity contribution in [3.63, 3.8) is 0 Å². The number of likely N-dealkylation sites (tertiary alicyclic amines) is 1. The van der Waals surface area contributed by atoms with Gasteiger partial charge in [-0.3, -0.25) is 9.69 Å². The Labute approximate surface area is 121 Å². The predicted molar refractivity (Wildman–Crippen MR) is 79.1 cm³/mol. The number of benzene rings is 1. The minimum Gasteiger partial charge on any atom is -0.481 e. The standard InChI is InChI=1S/C14H19BrN2O2/c1-8(2)17-6-10(11(7-17)14(18)19)9-3-4-12(15)13(16)5-9/h3-5,8,10-11H,6-7,16H2,1-2H3,(H,18,19). The van der Waals surface area contributed by atoms with Crippen LogP contribution in [-0.2, 0) is 4.79 Å². The molecule has 0 saturated carbocycles. The van der Waals surface area contributed by atoms with E-state index in [0.717, 1.165) is 16.6 Å². The maximum absolute atomic E-state index is 11.4. The van der Waals surface area contributed by atoms with Crippen molar-refractivity contribution in [1.82, 2.24) is 4.90 Å². The first-order valence-corrected chi connectivity index (χ1v) is 7.21. The highest BCUT2D eigenvalue weighted by molar-refractivity contribution is 9.10. The molecule has 4 nitrogen and oxygen atoms in total. The van der Waals surface area contributed by atoms with Crippen molar-refractivity contribution in [3.05, 3.63) is 28.2 Å². The van der Waals surface area contributed by atoms with Crippen LogP contribution in [0.3, 0.4) is 0 Å². The van der Waals surface area contributed by atoms with Gasteiger partial charge in [-0.2, -0.15) is 0 Å². The summed E-state index contributed by atoms with van der Waals surface area (Å²) in [5.41, 5.74) is 7.56. The monoisotopic (exact) mass is 326 g/mol. The highest BCUT2D eigenvalue weighted by Crippen LogP contribution is 2.35. The molecule has 19 heavy (non-hydrogen) atoms.